The highest BCUT2D eigenvalue weighted by Crippen LogP contribution is 2.27. The standard InChI is InChI=1S/C22H18F2N4O/c23-18-4-6-19(7-5-18)28-13-21(26-14-28)16-2-1-9-27(12-16)22(29)15-3-8-20(24)17(10-15)11-25/h3-8,10,13-14,16H,1-2,9,12H2/t16-/m0/s1. The van der Waals surface area contributed by atoms with Crippen LogP contribution in [0.15, 0.2) is 55.0 Å². The molecule has 1 aromatic heterocycles. The zero-order valence-corrected chi connectivity index (χ0v) is 15.6. The number of hydrogen-bond acceptors (Lipinski definition) is 3. The lowest BCUT2D eigenvalue weighted by molar-refractivity contribution is 0.0706. The number of likely N-dealkylation sites (tertiary alicyclic amines) is 1. The van der Waals surface area contributed by atoms with Crippen molar-refractivity contribution in [3.05, 3.63) is 83.4 Å². The molecule has 29 heavy (non-hydrogen) atoms. The zero-order valence-electron chi connectivity index (χ0n) is 15.6. The second-order valence-corrected chi connectivity index (χ2v) is 7.08. The summed E-state index contributed by atoms with van der Waals surface area (Å²) in [5, 5.41) is 8.99. The van der Waals surface area contributed by atoms with E-state index < -0.39 is 5.82 Å². The molecule has 1 saturated heterocycles. The van der Waals surface area contributed by atoms with Gasteiger partial charge in [-0.05, 0) is 55.3 Å². The van der Waals surface area contributed by atoms with E-state index in [0.29, 0.717) is 18.7 Å². The van der Waals surface area contributed by atoms with Crippen molar-refractivity contribution >= 4 is 5.91 Å². The lowest BCUT2D eigenvalue weighted by Gasteiger charge is -2.32. The van der Waals surface area contributed by atoms with Gasteiger partial charge < -0.3 is 9.47 Å². The average Bonchev–Trinajstić information content (AvgIpc) is 3.24. The first-order chi connectivity index (χ1) is 14.0. The minimum atomic E-state index is -0.632. The Hall–Kier alpha value is -3.53. The second-order valence-electron chi connectivity index (χ2n) is 7.08. The Morgan fingerprint density at radius 3 is 2.72 bits per heavy atom. The smallest absolute Gasteiger partial charge is 0.253 e. The molecular formula is C22H18F2N4O. The van der Waals surface area contributed by atoms with E-state index in [2.05, 4.69) is 4.98 Å². The lowest BCUT2D eigenvalue weighted by atomic mass is 9.94. The van der Waals surface area contributed by atoms with Crippen LogP contribution in [0.2, 0.25) is 0 Å². The fourth-order valence-electron chi connectivity index (χ4n) is 3.63. The SMILES string of the molecule is N#Cc1cc(C(=O)N2CCC[C@H](c3cn(-c4ccc(F)cc4)cn3)C2)ccc1F. The fraction of sp³-hybridized carbons (Fsp3) is 0.227. The van der Waals surface area contributed by atoms with Crippen molar-refractivity contribution in [2.24, 2.45) is 0 Å². The van der Waals surface area contributed by atoms with Gasteiger partial charge >= 0.3 is 0 Å². The van der Waals surface area contributed by atoms with Crippen molar-refractivity contribution in [3.8, 4) is 11.8 Å². The van der Waals surface area contributed by atoms with Gasteiger partial charge in [-0.3, -0.25) is 4.79 Å². The van der Waals surface area contributed by atoms with E-state index in [1.165, 1.54) is 24.3 Å². The highest BCUT2D eigenvalue weighted by atomic mass is 19.1. The number of aromatic nitrogens is 2. The minimum Gasteiger partial charge on any atom is -0.338 e. The molecule has 7 heteroatoms. The largest absolute Gasteiger partial charge is 0.338 e. The Balaban J connectivity index is 1.51. The van der Waals surface area contributed by atoms with Crippen LogP contribution < -0.4 is 0 Å². The van der Waals surface area contributed by atoms with Crippen molar-refractivity contribution in [3.63, 3.8) is 0 Å². The third-order valence-electron chi connectivity index (χ3n) is 5.19. The summed E-state index contributed by atoms with van der Waals surface area (Å²) in [6.45, 7) is 1.10. The number of nitriles is 1. The van der Waals surface area contributed by atoms with E-state index in [9.17, 15) is 13.6 Å². The molecule has 2 aromatic carbocycles. The summed E-state index contributed by atoms with van der Waals surface area (Å²) in [5.41, 5.74) is 1.84. The number of piperidine rings is 1. The maximum atomic E-state index is 13.5. The Morgan fingerprint density at radius 2 is 1.97 bits per heavy atom. The Bertz CT molecular complexity index is 1080. The number of benzene rings is 2. The number of rotatable bonds is 3. The highest BCUT2D eigenvalue weighted by Gasteiger charge is 2.27. The number of hydrogen-bond donors (Lipinski definition) is 0. The summed E-state index contributed by atoms with van der Waals surface area (Å²) >= 11 is 0. The molecule has 1 fully saturated rings. The van der Waals surface area contributed by atoms with Crippen LogP contribution in [0.4, 0.5) is 8.78 Å². The van der Waals surface area contributed by atoms with E-state index in [-0.39, 0.29) is 23.2 Å². The number of amides is 1. The second kappa shape index (κ2) is 7.84. The van der Waals surface area contributed by atoms with Gasteiger partial charge in [0.2, 0.25) is 0 Å². The van der Waals surface area contributed by atoms with Crippen molar-refractivity contribution in [1.29, 1.82) is 5.26 Å². The predicted molar refractivity (Wildman–Crippen MR) is 103 cm³/mol. The van der Waals surface area contributed by atoms with E-state index in [1.807, 2.05) is 10.8 Å². The van der Waals surface area contributed by atoms with Gasteiger partial charge in [0.1, 0.15) is 17.7 Å². The molecule has 0 unspecified atom stereocenters. The molecule has 3 aromatic rings. The molecule has 1 amide bonds. The number of carbonyl (C=O) groups is 1. The minimum absolute atomic E-state index is 0.0743. The molecule has 4 rings (SSSR count). The number of halogens is 2. The summed E-state index contributed by atoms with van der Waals surface area (Å²) in [4.78, 5) is 19.1. The molecular weight excluding hydrogens is 374 g/mol. The predicted octanol–water partition coefficient (Wildman–Crippen LogP) is 4.04. The fourth-order valence-corrected chi connectivity index (χ4v) is 3.63. The van der Waals surface area contributed by atoms with Crippen LogP contribution in [0.1, 0.15) is 40.4 Å². The van der Waals surface area contributed by atoms with Crippen molar-refractivity contribution in [1.82, 2.24) is 14.5 Å². The van der Waals surface area contributed by atoms with Gasteiger partial charge in [0.25, 0.3) is 5.91 Å². The summed E-state index contributed by atoms with van der Waals surface area (Å²) in [6, 6.07) is 11.8. The van der Waals surface area contributed by atoms with E-state index >= 15 is 0 Å². The number of nitrogens with zero attached hydrogens (tertiary/aromatic N) is 4. The molecule has 1 atom stereocenters. The topological polar surface area (TPSA) is 61.9 Å². The summed E-state index contributed by atoms with van der Waals surface area (Å²) in [5.74, 6) is -1.07. The molecule has 0 bridgehead atoms. The molecule has 1 aliphatic rings. The van der Waals surface area contributed by atoms with Gasteiger partial charge in [0.05, 0.1) is 17.6 Å². The van der Waals surface area contributed by atoms with E-state index in [0.717, 1.165) is 30.3 Å². The van der Waals surface area contributed by atoms with Crippen molar-refractivity contribution in [2.75, 3.05) is 13.1 Å². The van der Waals surface area contributed by atoms with Crippen molar-refractivity contribution < 1.29 is 13.6 Å². The summed E-state index contributed by atoms with van der Waals surface area (Å²) in [7, 11) is 0. The Kier molecular flexibility index (Phi) is 5.09. The van der Waals surface area contributed by atoms with Crippen molar-refractivity contribution in [2.45, 2.75) is 18.8 Å². The third-order valence-corrected chi connectivity index (χ3v) is 5.19. The average molecular weight is 392 g/mol. The van der Waals surface area contributed by atoms with Gasteiger partial charge in [0.15, 0.2) is 0 Å². The highest BCUT2D eigenvalue weighted by molar-refractivity contribution is 5.94. The summed E-state index contributed by atoms with van der Waals surface area (Å²) in [6.07, 6.45) is 5.31. The molecule has 1 aliphatic heterocycles. The number of carbonyl (C=O) groups excluding carboxylic acids is 1. The van der Waals surface area contributed by atoms with Crippen LogP contribution >= 0.6 is 0 Å². The van der Waals surface area contributed by atoms with Gasteiger partial charge in [-0.25, -0.2) is 13.8 Å². The Labute approximate surface area is 166 Å². The lowest BCUT2D eigenvalue weighted by Crippen LogP contribution is -2.39. The van der Waals surface area contributed by atoms with Gasteiger partial charge in [-0.1, -0.05) is 0 Å². The van der Waals surface area contributed by atoms with Gasteiger partial charge in [0, 0.05) is 36.5 Å². The summed E-state index contributed by atoms with van der Waals surface area (Å²) < 4.78 is 28.5. The quantitative estimate of drug-likeness (QED) is 0.676. The molecule has 146 valence electrons. The van der Waals surface area contributed by atoms with Crippen LogP contribution in [-0.4, -0.2) is 33.4 Å². The first kappa shape index (κ1) is 18.8. The van der Waals surface area contributed by atoms with Crippen LogP contribution in [0, 0.1) is 23.0 Å². The molecule has 5 nitrogen and oxygen atoms in total. The van der Waals surface area contributed by atoms with Gasteiger partial charge in [-0.2, -0.15) is 5.26 Å². The zero-order chi connectivity index (χ0) is 20.4. The molecule has 2 heterocycles. The molecule has 0 N–H and O–H groups in total. The van der Waals surface area contributed by atoms with Gasteiger partial charge in [-0.15, -0.1) is 0 Å². The number of imidazole rings is 1. The van der Waals surface area contributed by atoms with Crippen LogP contribution in [-0.2, 0) is 0 Å². The molecule has 0 saturated carbocycles. The first-order valence-electron chi connectivity index (χ1n) is 9.34. The molecule has 0 radical (unpaired) electrons. The monoisotopic (exact) mass is 392 g/mol. The Morgan fingerprint density at radius 1 is 1.17 bits per heavy atom. The molecule has 0 spiro atoms. The maximum absolute atomic E-state index is 13.5. The van der Waals surface area contributed by atoms with E-state index in [1.54, 1.807) is 29.4 Å². The van der Waals surface area contributed by atoms with Crippen LogP contribution in [0.25, 0.3) is 5.69 Å². The maximum Gasteiger partial charge on any atom is 0.253 e. The van der Waals surface area contributed by atoms with Crippen LogP contribution in [0.5, 0.6) is 0 Å². The van der Waals surface area contributed by atoms with E-state index in [4.69, 9.17) is 5.26 Å². The molecule has 0 aliphatic carbocycles. The third kappa shape index (κ3) is 3.87. The first-order valence-corrected chi connectivity index (χ1v) is 9.34. The van der Waals surface area contributed by atoms with Crippen LogP contribution in [0.3, 0.4) is 0 Å². The normalized spacial score (nSPS) is 16.4.